The second kappa shape index (κ2) is 6.76. The van der Waals surface area contributed by atoms with Crippen molar-refractivity contribution in [3.63, 3.8) is 0 Å². The van der Waals surface area contributed by atoms with Crippen LogP contribution in [0.4, 0.5) is 14.5 Å². The largest absolute Gasteiger partial charge is 0.496 e. The Morgan fingerprint density at radius 3 is 2.33 bits per heavy atom. The van der Waals surface area contributed by atoms with Crippen LogP contribution in [0.25, 0.3) is 0 Å². The highest BCUT2D eigenvalue weighted by Gasteiger charge is 2.10. The molecule has 0 aromatic heterocycles. The summed E-state index contributed by atoms with van der Waals surface area (Å²) in [7, 11) is 3.13. The van der Waals surface area contributed by atoms with Gasteiger partial charge in [-0.05, 0) is 34.1 Å². The first-order valence-corrected chi connectivity index (χ1v) is 6.93. The minimum absolute atomic E-state index is 0.400. The number of hydrogen-bond donors (Lipinski definition) is 1. The number of nitrogens with one attached hydrogen (secondary N) is 1. The quantitative estimate of drug-likeness (QED) is 0.862. The summed E-state index contributed by atoms with van der Waals surface area (Å²) in [5.41, 5.74) is 1.35. The first-order chi connectivity index (χ1) is 10.0. The fourth-order valence-corrected chi connectivity index (χ4v) is 2.42. The SMILES string of the molecule is COc1cc(OC)c(CNc2ccc(F)c(F)c2)cc1Br. The number of methoxy groups -OCH3 is 2. The number of hydrogen-bond acceptors (Lipinski definition) is 3. The number of benzene rings is 2. The maximum absolute atomic E-state index is 13.1. The minimum Gasteiger partial charge on any atom is -0.496 e. The second-order valence-corrected chi connectivity index (χ2v) is 5.14. The maximum atomic E-state index is 13.1. The van der Waals surface area contributed by atoms with Crippen LogP contribution in [-0.2, 0) is 6.54 Å². The minimum atomic E-state index is -0.886. The van der Waals surface area contributed by atoms with Gasteiger partial charge in [0.05, 0.1) is 18.7 Å². The second-order valence-electron chi connectivity index (χ2n) is 4.28. The van der Waals surface area contributed by atoms with Crippen molar-refractivity contribution < 1.29 is 18.3 Å². The molecule has 112 valence electrons. The molecular weight excluding hydrogens is 344 g/mol. The molecule has 0 heterocycles. The fraction of sp³-hybridized carbons (Fsp3) is 0.200. The lowest BCUT2D eigenvalue weighted by Gasteiger charge is -2.13. The molecule has 0 fully saturated rings. The van der Waals surface area contributed by atoms with Gasteiger partial charge in [-0.1, -0.05) is 0 Å². The summed E-state index contributed by atoms with van der Waals surface area (Å²) in [4.78, 5) is 0. The topological polar surface area (TPSA) is 30.5 Å². The molecule has 0 amide bonds. The number of halogens is 3. The molecule has 0 saturated carbocycles. The Kier molecular flexibility index (Phi) is 5.01. The summed E-state index contributed by atoms with van der Waals surface area (Å²) in [6.07, 6.45) is 0. The van der Waals surface area contributed by atoms with E-state index in [1.165, 1.54) is 6.07 Å². The van der Waals surface area contributed by atoms with Crippen molar-refractivity contribution in [2.24, 2.45) is 0 Å². The summed E-state index contributed by atoms with van der Waals surface area (Å²) in [5.74, 6) is -0.457. The van der Waals surface area contributed by atoms with Crippen molar-refractivity contribution in [1.82, 2.24) is 0 Å². The van der Waals surface area contributed by atoms with Crippen LogP contribution in [0, 0.1) is 11.6 Å². The van der Waals surface area contributed by atoms with Crippen LogP contribution >= 0.6 is 15.9 Å². The van der Waals surface area contributed by atoms with E-state index in [1.807, 2.05) is 6.07 Å². The van der Waals surface area contributed by atoms with Gasteiger partial charge in [-0.15, -0.1) is 0 Å². The zero-order valence-corrected chi connectivity index (χ0v) is 13.1. The maximum Gasteiger partial charge on any atom is 0.160 e. The molecule has 2 rings (SSSR count). The molecule has 0 aliphatic heterocycles. The van der Waals surface area contributed by atoms with Gasteiger partial charge in [-0.3, -0.25) is 0 Å². The van der Waals surface area contributed by atoms with E-state index in [1.54, 1.807) is 20.3 Å². The molecule has 0 radical (unpaired) electrons. The van der Waals surface area contributed by atoms with E-state index in [9.17, 15) is 8.78 Å². The van der Waals surface area contributed by atoms with Crippen LogP contribution in [0.2, 0.25) is 0 Å². The van der Waals surface area contributed by atoms with Crippen LogP contribution in [0.15, 0.2) is 34.8 Å². The van der Waals surface area contributed by atoms with Gasteiger partial charge in [0.15, 0.2) is 11.6 Å². The van der Waals surface area contributed by atoms with Gasteiger partial charge in [0, 0.05) is 29.9 Å². The predicted molar refractivity (Wildman–Crippen MR) is 80.9 cm³/mol. The van der Waals surface area contributed by atoms with E-state index in [-0.39, 0.29) is 0 Å². The van der Waals surface area contributed by atoms with Gasteiger partial charge in [0.2, 0.25) is 0 Å². The average molecular weight is 358 g/mol. The van der Waals surface area contributed by atoms with E-state index < -0.39 is 11.6 Å². The summed E-state index contributed by atoms with van der Waals surface area (Å²) >= 11 is 3.40. The van der Waals surface area contributed by atoms with E-state index in [4.69, 9.17) is 9.47 Å². The van der Waals surface area contributed by atoms with Crippen LogP contribution in [-0.4, -0.2) is 14.2 Å². The first-order valence-electron chi connectivity index (χ1n) is 6.14. The number of ether oxygens (including phenoxy) is 2. The van der Waals surface area contributed by atoms with Gasteiger partial charge >= 0.3 is 0 Å². The van der Waals surface area contributed by atoms with Gasteiger partial charge in [0.25, 0.3) is 0 Å². The summed E-state index contributed by atoms with van der Waals surface area (Å²) in [6.45, 7) is 0.400. The fourth-order valence-electron chi connectivity index (χ4n) is 1.86. The monoisotopic (exact) mass is 357 g/mol. The molecular formula is C15H14BrF2NO2. The lowest BCUT2D eigenvalue weighted by Crippen LogP contribution is -2.03. The summed E-state index contributed by atoms with van der Waals surface area (Å²) in [6, 6.07) is 7.28. The highest BCUT2D eigenvalue weighted by Crippen LogP contribution is 2.33. The van der Waals surface area contributed by atoms with Crippen molar-refractivity contribution in [3.8, 4) is 11.5 Å². The smallest absolute Gasteiger partial charge is 0.160 e. The molecule has 0 bridgehead atoms. The highest BCUT2D eigenvalue weighted by atomic mass is 79.9. The Morgan fingerprint density at radius 1 is 1.00 bits per heavy atom. The normalized spacial score (nSPS) is 10.3. The average Bonchev–Trinajstić information content (AvgIpc) is 2.48. The van der Waals surface area contributed by atoms with Gasteiger partial charge < -0.3 is 14.8 Å². The van der Waals surface area contributed by atoms with E-state index in [0.29, 0.717) is 23.7 Å². The molecule has 0 unspecified atom stereocenters. The molecule has 2 aromatic carbocycles. The Labute approximate surface area is 130 Å². The van der Waals surface area contributed by atoms with Crippen molar-refractivity contribution >= 4 is 21.6 Å². The van der Waals surface area contributed by atoms with Gasteiger partial charge in [-0.25, -0.2) is 8.78 Å². The zero-order chi connectivity index (χ0) is 15.4. The van der Waals surface area contributed by atoms with Gasteiger partial charge in [-0.2, -0.15) is 0 Å². The summed E-state index contributed by atoms with van der Waals surface area (Å²) < 4.78 is 37.3. The van der Waals surface area contributed by atoms with E-state index in [2.05, 4.69) is 21.2 Å². The molecule has 0 saturated heterocycles. The van der Waals surface area contributed by atoms with Gasteiger partial charge in [0.1, 0.15) is 11.5 Å². The molecule has 0 atom stereocenters. The summed E-state index contributed by atoms with van der Waals surface area (Å²) in [5, 5.41) is 3.02. The number of rotatable bonds is 5. The van der Waals surface area contributed by atoms with Crippen molar-refractivity contribution in [1.29, 1.82) is 0 Å². The Balaban J connectivity index is 2.19. The molecule has 0 aliphatic carbocycles. The lowest BCUT2D eigenvalue weighted by atomic mass is 10.2. The molecule has 6 heteroatoms. The molecule has 0 aliphatic rings. The standard InChI is InChI=1S/C15H14BrF2NO2/c1-20-14-7-15(21-2)11(16)5-9(14)8-19-10-3-4-12(17)13(18)6-10/h3-7,19H,8H2,1-2H3. The van der Waals surface area contributed by atoms with E-state index >= 15 is 0 Å². The molecule has 21 heavy (non-hydrogen) atoms. The van der Waals surface area contributed by atoms with Crippen molar-refractivity contribution in [3.05, 3.63) is 52.0 Å². The Hall–Kier alpha value is -1.82. The predicted octanol–water partition coefficient (Wildman–Crippen LogP) is 4.36. The first kappa shape index (κ1) is 15.6. The number of anilines is 1. The highest BCUT2D eigenvalue weighted by molar-refractivity contribution is 9.10. The molecule has 2 aromatic rings. The van der Waals surface area contributed by atoms with Crippen LogP contribution in [0.5, 0.6) is 11.5 Å². The van der Waals surface area contributed by atoms with Crippen LogP contribution in [0.1, 0.15) is 5.56 Å². The third kappa shape index (κ3) is 3.64. The third-order valence-electron chi connectivity index (χ3n) is 2.96. The lowest BCUT2D eigenvalue weighted by molar-refractivity contribution is 0.390. The molecule has 1 N–H and O–H groups in total. The van der Waals surface area contributed by atoms with Crippen LogP contribution in [0.3, 0.4) is 0 Å². The van der Waals surface area contributed by atoms with E-state index in [0.717, 1.165) is 22.2 Å². The zero-order valence-electron chi connectivity index (χ0n) is 11.5. The molecule has 0 spiro atoms. The Morgan fingerprint density at radius 2 is 1.71 bits per heavy atom. The van der Waals surface area contributed by atoms with Crippen molar-refractivity contribution in [2.75, 3.05) is 19.5 Å². The Bertz CT molecular complexity index is 650. The molecule has 3 nitrogen and oxygen atoms in total. The van der Waals surface area contributed by atoms with Crippen molar-refractivity contribution in [2.45, 2.75) is 6.54 Å². The third-order valence-corrected chi connectivity index (χ3v) is 3.58. The van der Waals surface area contributed by atoms with Crippen LogP contribution < -0.4 is 14.8 Å².